The second-order valence-corrected chi connectivity index (χ2v) is 4.86. The van der Waals surface area contributed by atoms with Crippen molar-refractivity contribution in [3.63, 3.8) is 0 Å². The summed E-state index contributed by atoms with van der Waals surface area (Å²) in [4.78, 5) is 12.4. The van der Waals surface area contributed by atoms with Crippen LogP contribution in [0.1, 0.15) is 27.0 Å². The van der Waals surface area contributed by atoms with Crippen LogP contribution >= 0.6 is 11.6 Å². The molecule has 0 heterocycles. The van der Waals surface area contributed by atoms with Crippen molar-refractivity contribution < 1.29 is 4.79 Å². The first-order chi connectivity index (χ1) is 8.47. The van der Waals surface area contributed by atoms with E-state index >= 15 is 0 Å². The first-order valence-electron chi connectivity index (χ1n) is 5.65. The molecule has 0 saturated heterocycles. The molecule has 0 aromatic heterocycles. The predicted molar refractivity (Wildman–Crippen MR) is 75.2 cm³/mol. The first-order valence-corrected chi connectivity index (χ1v) is 6.03. The molecule has 18 heavy (non-hydrogen) atoms. The van der Waals surface area contributed by atoms with Gasteiger partial charge in [0.25, 0.3) is 0 Å². The Morgan fingerprint density at radius 3 is 2.44 bits per heavy atom. The molecule has 0 atom stereocenters. The molecule has 0 aliphatic carbocycles. The maximum Gasteiger partial charge on any atom is 0.193 e. The lowest BCUT2D eigenvalue weighted by molar-refractivity contribution is 0.103. The minimum Gasteiger partial charge on any atom is -0.399 e. The van der Waals surface area contributed by atoms with Gasteiger partial charge in [-0.3, -0.25) is 4.79 Å². The minimum absolute atomic E-state index is 0.0540. The summed E-state index contributed by atoms with van der Waals surface area (Å²) in [6.45, 7) is 3.92. The standard InChI is InChI=1S/C15H14ClNO/c1-9-3-4-14(10(2)5-9)15(18)11-6-12(16)8-13(17)7-11/h3-8H,17H2,1-2H3. The Balaban J connectivity index is 2.47. The summed E-state index contributed by atoms with van der Waals surface area (Å²) in [5, 5.41) is 0.475. The zero-order valence-corrected chi connectivity index (χ0v) is 11.1. The Morgan fingerprint density at radius 1 is 1.11 bits per heavy atom. The lowest BCUT2D eigenvalue weighted by Crippen LogP contribution is -2.04. The molecular formula is C15H14ClNO. The van der Waals surface area contributed by atoms with Crippen molar-refractivity contribution >= 4 is 23.1 Å². The van der Waals surface area contributed by atoms with Gasteiger partial charge in [-0.1, -0.05) is 35.4 Å². The molecule has 2 aromatic carbocycles. The Labute approximate surface area is 111 Å². The van der Waals surface area contributed by atoms with Gasteiger partial charge in [0.1, 0.15) is 0 Å². The van der Waals surface area contributed by atoms with Crippen LogP contribution < -0.4 is 5.73 Å². The quantitative estimate of drug-likeness (QED) is 0.659. The van der Waals surface area contributed by atoms with Crippen LogP contribution in [0.2, 0.25) is 5.02 Å². The maximum absolute atomic E-state index is 12.4. The van der Waals surface area contributed by atoms with Gasteiger partial charge in [0, 0.05) is 21.8 Å². The van der Waals surface area contributed by atoms with Crippen LogP contribution in [-0.4, -0.2) is 5.78 Å². The third kappa shape index (κ3) is 2.54. The van der Waals surface area contributed by atoms with Crippen LogP contribution in [0.25, 0.3) is 0 Å². The van der Waals surface area contributed by atoms with Crippen LogP contribution in [-0.2, 0) is 0 Å². The number of anilines is 1. The van der Waals surface area contributed by atoms with Gasteiger partial charge in [-0.2, -0.15) is 0 Å². The van der Waals surface area contributed by atoms with E-state index < -0.39 is 0 Å². The highest BCUT2D eigenvalue weighted by Crippen LogP contribution is 2.21. The number of nitrogen functional groups attached to an aromatic ring is 1. The van der Waals surface area contributed by atoms with E-state index in [0.717, 1.165) is 11.1 Å². The largest absolute Gasteiger partial charge is 0.399 e. The van der Waals surface area contributed by atoms with Gasteiger partial charge >= 0.3 is 0 Å². The topological polar surface area (TPSA) is 43.1 Å². The summed E-state index contributed by atoms with van der Waals surface area (Å²) in [6, 6.07) is 10.7. The molecule has 2 N–H and O–H groups in total. The van der Waals surface area contributed by atoms with E-state index in [9.17, 15) is 4.79 Å². The van der Waals surface area contributed by atoms with Crippen LogP contribution in [0.5, 0.6) is 0 Å². The van der Waals surface area contributed by atoms with Crippen molar-refractivity contribution in [3.05, 3.63) is 63.7 Å². The van der Waals surface area contributed by atoms with Gasteiger partial charge in [0.05, 0.1) is 0 Å². The summed E-state index contributed by atoms with van der Waals surface area (Å²) < 4.78 is 0. The summed E-state index contributed by atoms with van der Waals surface area (Å²) in [7, 11) is 0. The predicted octanol–water partition coefficient (Wildman–Crippen LogP) is 3.77. The number of halogens is 1. The Morgan fingerprint density at radius 2 is 1.83 bits per heavy atom. The third-order valence-corrected chi connectivity index (χ3v) is 3.03. The summed E-state index contributed by atoms with van der Waals surface area (Å²) in [6.07, 6.45) is 0. The molecule has 2 nitrogen and oxygen atoms in total. The molecule has 0 aliphatic rings. The zero-order valence-electron chi connectivity index (χ0n) is 10.3. The number of benzene rings is 2. The molecule has 0 unspecified atom stereocenters. The molecule has 0 saturated carbocycles. The van der Waals surface area contributed by atoms with Crippen molar-refractivity contribution in [1.29, 1.82) is 0 Å². The molecule has 0 aliphatic heterocycles. The molecule has 3 heteroatoms. The molecule has 0 spiro atoms. The van der Waals surface area contributed by atoms with Crippen LogP contribution in [0, 0.1) is 13.8 Å². The highest BCUT2D eigenvalue weighted by molar-refractivity contribution is 6.31. The molecule has 2 aromatic rings. The molecule has 0 amide bonds. The minimum atomic E-state index is -0.0540. The molecule has 0 radical (unpaired) electrons. The highest BCUT2D eigenvalue weighted by Gasteiger charge is 2.12. The van der Waals surface area contributed by atoms with Crippen molar-refractivity contribution in [2.45, 2.75) is 13.8 Å². The van der Waals surface area contributed by atoms with Gasteiger partial charge in [-0.25, -0.2) is 0 Å². The number of carbonyl (C=O) groups excluding carboxylic acids is 1. The van der Waals surface area contributed by atoms with Crippen molar-refractivity contribution in [1.82, 2.24) is 0 Å². The second-order valence-electron chi connectivity index (χ2n) is 4.42. The van der Waals surface area contributed by atoms with E-state index in [2.05, 4.69) is 0 Å². The van der Waals surface area contributed by atoms with Gasteiger partial charge in [-0.15, -0.1) is 0 Å². The van der Waals surface area contributed by atoms with Gasteiger partial charge in [0.15, 0.2) is 5.78 Å². The van der Waals surface area contributed by atoms with E-state index in [4.69, 9.17) is 17.3 Å². The Bertz CT molecular complexity index is 600. The molecular weight excluding hydrogens is 246 g/mol. The molecule has 92 valence electrons. The molecule has 2 rings (SSSR count). The van der Waals surface area contributed by atoms with Crippen LogP contribution in [0.3, 0.4) is 0 Å². The fourth-order valence-corrected chi connectivity index (χ4v) is 2.21. The monoisotopic (exact) mass is 259 g/mol. The summed E-state index contributed by atoms with van der Waals surface area (Å²) in [5.41, 5.74) is 9.49. The number of aryl methyl sites for hydroxylation is 2. The summed E-state index contributed by atoms with van der Waals surface area (Å²) >= 11 is 5.91. The van der Waals surface area contributed by atoms with Gasteiger partial charge in [0.2, 0.25) is 0 Å². The molecule has 0 fully saturated rings. The fraction of sp³-hybridized carbons (Fsp3) is 0.133. The van der Waals surface area contributed by atoms with Crippen molar-refractivity contribution in [2.24, 2.45) is 0 Å². The van der Waals surface area contributed by atoms with Crippen molar-refractivity contribution in [3.8, 4) is 0 Å². The Kier molecular flexibility index (Phi) is 3.39. The van der Waals surface area contributed by atoms with E-state index in [1.165, 1.54) is 0 Å². The van der Waals surface area contributed by atoms with Crippen LogP contribution in [0.4, 0.5) is 5.69 Å². The lowest BCUT2D eigenvalue weighted by atomic mass is 9.97. The van der Waals surface area contributed by atoms with E-state index in [0.29, 0.717) is 21.8 Å². The van der Waals surface area contributed by atoms with E-state index in [-0.39, 0.29) is 5.78 Å². The van der Waals surface area contributed by atoms with E-state index in [1.807, 2.05) is 32.0 Å². The average Bonchev–Trinajstić information content (AvgIpc) is 2.26. The zero-order chi connectivity index (χ0) is 13.3. The van der Waals surface area contributed by atoms with Crippen molar-refractivity contribution in [2.75, 3.05) is 5.73 Å². The third-order valence-electron chi connectivity index (χ3n) is 2.81. The number of carbonyl (C=O) groups is 1. The maximum atomic E-state index is 12.4. The molecule has 0 bridgehead atoms. The normalized spacial score (nSPS) is 10.4. The number of hydrogen-bond donors (Lipinski definition) is 1. The van der Waals surface area contributed by atoms with E-state index in [1.54, 1.807) is 18.2 Å². The smallest absolute Gasteiger partial charge is 0.193 e. The lowest BCUT2D eigenvalue weighted by Gasteiger charge is -2.07. The summed E-state index contributed by atoms with van der Waals surface area (Å²) in [5.74, 6) is -0.0540. The Hall–Kier alpha value is -1.80. The van der Waals surface area contributed by atoms with Crippen LogP contribution in [0.15, 0.2) is 36.4 Å². The fourth-order valence-electron chi connectivity index (χ4n) is 1.97. The number of nitrogens with two attached hydrogens (primary N) is 1. The highest BCUT2D eigenvalue weighted by atomic mass is 35.5. The number of rotatable bonds is 2. The number of ketones is 1. The SMILES string of the molecule is Cc1ccc(C(=O)c2cc(N)cc(Cl)c2)c(C)c1. The average molecular weight is 260 g/mol. The van der Waals surface area contributed by atoms with Gasteiger partial charge in [-0.05, 0) is 37.6 Å². The van der Waals surface area contributed by atoms with Gasteiger partial charge < -0.3 is 5.73 Å². The first kappa shape index (κ1) is 12.7. The number of hydrogen-bond acceptors (Lipinski definition) is 2. The second kappa shape index (κ2) is 4.83.